The van der Waals surface area contributed by atoms with Crippen LogP contribution in [0.25, 0.3) is 6.08 Å². The second kappa shape index (κ2) is 9.61. The van der Waals surface area contributed by atoms with Gasteiger partial charge < -0.3 is 5.32 Å². The van der Waals surface area contributed by atoms with Gasteiger partial charge in [0.2, 0.25) is 0 Å². The molecule has 1 N–H and O–H groups in total. The van der Waals surface area contributed by atoms with Gasteiger partial charge >= 0.3 is 0 Å². The van der Waals surface area contributed by atoms with Gasteiger partial charge in [0.1, 0.15) is 0 Å². The Bertz CT molecular complexity index is 878. The maximum atomic E-state index is 13.1. The average molecular weight is 407 g/mol. The molecular weight excluding hydrogens is 372 g/mol. The monoisotopic (exact) mass is 406 g/mol. The molecule has 1 aromatic heterocycles. The summed E-state index contributed by atoms with van der Waals surface area (Å²) in [5.74, 6) is 0.522. The smallest absolute Gasteiger partial charge is 0.272 e. The third-order valence-electron chi connectivity index (χ3n) is 6.13. The Morgan fingerprint density at radius 2 is 2.00 bits per heavy atom. The lowest BCUT2D eigenvalue weighted by Gasteiger charge is -2.27. The van der Waals surface area contributed by atoms with Crippen molar-refractivity contribution in [3.8, 4) is 0 Å². The number of aromatic nitrogens is 2. The molecule has 0 spiro atoms. The molecule has 5 nitrogen and oxygen atoms in total. The number of nitrogens with one attached hydrogen (secondary N) is 1. The van der Waals surface area contributed by atoms with E-state index in [4.69, 9.17) is 5.10 Å². The Kier molecular flexibility index (Phi) is 6.68. The van der Waals surface area contributed by atoms with Crippen molar-refractivity contribution < 1.29 is 4.79 Å². The fraction of sp³-hybridized carbons (Fsp3) is 0.520. The molecule has 1 fully saturated rings. The van der Waals surface area contributed by atoms with Gasteiger partial charge in [-0.15, -0.1) is 0 Å². The van der Waals surface area contributed by atoms with Gasteiger partial charge in [-0.05, 0) is 24.3 Å². The summed E-state index contributed by atoms with van der Waals surface area (Å²) < 4.78 is 2.10. The van der Waals surface area contributed by atoms with E-state index in [-0.39, 0.29) is 5.91 Å². The minimum atomic E-state index is 0.0160. The second-order valence-corrected chi connectivity index (χ2v) is 9.10. The summed E-state index contributed by atoms with van der Waals surface area (Å²) in [6.45, 7) is 7.95. The molecule has 1 aromatic carbocycles. The molecule has 0 saturated heterocycles. The second-order valence-electron chi connectivity index (χ2n) is 9.10. The minimum Gasteiger partial charge on any atom is -0.348 e. The highest BCUT2D eigenvalue weighted by Gasteiger charge is 2.29. The number of carbonyl (C=O) groups excluding carboxylic acids is 1. The molecule has 2 aromatic rings. The van der Waals surface area contributed by atoms with Crippen molar-refractivity contribution in [2.45, 2.75) is 65.1 Å². The number of rotatable bonds is 7. The zero-order valence-corrected chi connectivity index (χ0v) is 18.3. The predicted octanol–water partition coefficient (Wildman–Crippen LogP) is 4.28. The predicted molar refractivity (Wildman–Crippen MR) is 121 cm³/mol. The lowest BCUT2D eigenvalue weighted by molar-refractivity contribution is 0.0929. The Labute approximate surface area is 180 Å². The van der Waals surface area contributed by atoms with E-state index in [0.29, 0.717) is 17.7 Å². The lowest BCUT2D eigenvalue weighted by Crippen LogP contribution is -2.35. The number of hydrogen-bond acceptors (Lipinski definition) is 3. The summed E-state index contributed by atoms with van der Waals surface area (Å²) in [6.07, 6.45) is 9.96. The molecule has 2 heterocycles. The molecule has 1 saturated carbocycles. The summed E-state index contributed by atoms with van der Waals surface area (Å²) in [4.78, 5) is 15.5. The molecule has 0 atom stereocenters. The third-order valence-corrected chi connectivity index (χ3v) is 6.13. The van der Waals surface area contributed by atoms with Crippen molar-refractivity contribution in [3.05, 3.63) is 58.9 Å². The van der Waals surface area contributed by atoms with Crippen molar-refractivity contribution in [1.82, 2.24) is 20.0 Å². The average Bonchev–Trinajstić information content (AvgIpc) is 3.36. The first-order valence-electron chi connectivity index (χ1n) is 11.4. The first-order chi connectivity index (χ1) is 14.6. The van der Waals surface area contributed by atoms with Crippen LogP contribution in [0.15, 0.2) is 36.4 Å². The Morgan fingerprint density at radius 1 is 1.23 bits per heavy atom. The van der Waals surface area contributed by atoms with E-state index in [2.05, 4.69) is 65.2 Å². The van der Waals surface area contributed by atoms with E-state index >= 15 is 0 Å². The zero-order valence-electron chi connectivity index (χ0n) is 18.3. The number of benzene rings is 1. The normalized spacial score (nSPS) is 17.7. The molecule has 0 radical (unpaired) electrons. The van der Waals surface area contributed by atoms with E-state index in [1.807, 2.05) is 6.07 Å². The van der Waals surface area contributed by atoms with Crippen molar-refractivity contribution in [2.24, 2.45) is 5.92 Å². The molecule has 1 amide bonds. The highest BCUT2D eigenvalue weighted by Crippen LogP contribution is 2.25. The third kappa shape index (κ3) is 5.01. The van der Waals surface area contributed by atoms with Gasteiger partial charge in [-0.25, -0.2) is 0 Å². The van der Waals surface area contributed by atoms with Crippen LogP contribution >= 0.6 is 0 Å². The van der Waals surface area contributed by atoms with Gasteiger partial charge in [-0.1, -0.05) is 69.2 Å². The SMILES string of the molecule is CC(C)Cn1nc(C(=O)NC2CCCC2)c2c1CCN(C/C=C/c1ccccc1)C2. The molecule has 2 aliphatic rings. The molecule has 0 unspecified atom stereocenters. The van der Waals surface area contributed by atoms with Crippen molar-refractivity contribution in [3.63, 3.8) is 0 Å². The number of nitrogens with zero attached hydrogens (tertiary/aromatic N) is 3. The van der Waals surface area contributed by atoms with Crippen LogP contribution in [0.5, 0.6) is 0 Å². The number of fused-ring (bicyclic) bond motifs is 1. The fourth-order valence-corrected chi connectivity index (χ4v) is 4.61. The van der Waals surface area contributed by atoms with E-state index < -0.39 is 0 Å². The maximum absolute atomic E-state index is 13.1. The summed E-state index contributed by atoms with van der Waals surface area (Å²) in [5.41, 5.74) is 4.25. The zero-order chi connectivity index (χ0) is 20.9. The van der Waals surface area contributed by atoms with E-state index in [9.17, 15) is 4.79 Å². The van der Waals surface area contributed by atoms with Crippen LogP contribution in [0.2, 0.25) is 0 Å². The van der Waals surface area contributed by atoms with Gasteiger partial charge in [0.05, 0.1) is 0 Å². The van der Waals surface area contributed by atoms with Crippen LogP contribution in [0.3, 0.4) is 0 Å². The van der Waals surface area contributed by atoms with Gasteiger partial charge in [-0.3, -0.25) is 14.4 Å². The van der Waals surface area contributed by atoms with Crippen LogP contribution in [0.1, 0.15) is 66.8 Å². The van der Waals surface area contributed by atoms with Gasteiger partial charge in [0.15, 0.2) is 5.69 Å². The van der Waals surface area contributed by atoms with Crippen molar-refractivity contribution in [2.75, 3.05) is 13.1 Å². The maximum Gasteiger partial charge on any atom is 0.272 e. The minimum absolute atomic E-state index is 0.0160. The number of carbonyl (C=O) groups is 1. The molecule has 4 rings (SSSR count). The molecule has 160 valence electrons. The van der Waals surface area contributed by atoms with Crippen LogP contribution in [0.4, 0.5) is 0 Å². The highest BCUT2D eigenvalue weighted by molar-refractivity contribution is 5.94. The quantitative estimate of drug-likeness (QED) is 0.747. The fourth-order valence-electron chi connectivity index (χ4n) is 4.61. The van der Waals surface area contributed by atoms with Crippen LogP contribution in [-0.2, 0) is 19.5 Å². The van der Waals surface area contributed by atoms with E-state index in [1.54, 1.807) is 0 Å². The van der Waals surface area contributed by atoms with Crippen molar-refractivity contribution >= 4 is 12.0 Å². The Hall–Kier alpha value is -2.40. The first kappa shape index (κ1) is 20.9. The lowest BCUT2D eigenvalue weighted by atomic mass is 10.0. The summed E-state index contributed by atoms with van der Waals surface area (Å²) in [7, 11) is 0. The van der Waals surface area contributed by atoms with Crippen LogP contribution in [0, 0.1) is 5.92 Å². The van der Waals surface area contributed by atoms with E-state index in [0.717, 1.165) is 51.0 Å². The molecule has 30 heavy (non-hydrogen) atoms. The standard InChI is InChI=1S/C25H34N4O/c1-19(2)17-29-23-14-16-28(15-8-11-20-9-4-3-5-10-20)18-22(23)24(27-29)25(30)26-21-12-6-7-13-21/h3-5,8-11,19,21H,6-7,12-18H2,1-2H3,(H,26,30)/b11-8+. The summed E-state index contributed by atoms with van der Waals surface area (Å²) >= 11 is 0. The Balaban J connectivity index is 1.49. The molecule has 1 aliphatic carbocycles. The molecule has 1 aliphatic heterocycles. The van der Waals surface area contributed by atoms with E-state index in [1.165, 1.54) is 24.1 Å². The summed E-state index contributed by atoms with van der Waals surface area (Å²) in [6, 6.07) is 10.7. The first-order valence-corrected chi connectivity index (χ1v) is 11.4. The molecule has 0 bridgehead atoms. The summed E-state index contributed by atoms with van der Waals surface area (Å²) in [5, 5.41) is 8.04. The highest BCUT2D eigenvalue weighted by atomic mass is 16.2. The van der Waals surface area contributed by atoms with Gasteiger partial charge in [0, 0.05) is 49.9 Å². The Morgan fingerprint density at radius 3 is 2.73 bits per heavy atom. The molecule has 5 heteroatoms. The van der Waals surface area contributed by atoms with Crippen LogP contribution in [-0.4, -0.2) is 39.7 Å². The van der Waals surface area contributed by atoms with Crippen molar-refractivity contribution in [1.29, 1.82) is 0 Å². The van der Waals surface area contributed by atoms with Gasteiger partial charge in [0.25, 0.3) is 5.91 Å². The number of hydrogen-bond donors (Lipinski definition) is 1. The number of amides is 1. The van der Waals surface area contributed by atoms with Crippen LogP contribution < -0.4 is 5.32 Å². The van der Waals surface area contributed by atoms with Gasteiger partial charge in [-0.2, -0.15) is 5.10 Å². The largest absolute Gasteiger partial charge is 0.348 e. The molecular formula is C25H34N4O. The topological polar surface area (TPSA) is 50.2 Å².